The van der Waals surface area contributed by atoms with Gasteiger partial charge >= 0.3 is 0 Å². The average molecular weight is 503 g/mol. The van der Waals surface area contributed by atoms with Crippen molar-refractivity contribution in [3.05, 3.63) is 18.5 Å². The molecule has 1 aromatic rings. The smallest absolute Gasteiger partial charge is 0.225 e. The van der Waals surface area contributed by atoms with Crippen molar-refractivity contribution in [2.24, 2.45) is 4.99 Å². The molecule has 0 atom stereocenters. The van der Waals surface area contributed by atoms with Crippen molar-refractivity contribution in [2.45, 2.75) is 19.8 Å². The minimum absolute atomic E-state index is 0. The molecule has 0 radical (unpaired) electrons. The molecule has 158 valence electrons. The fourth-order valence-corrected chi connectivity index (χ4v) is 3.46. The van der Waals surface area contributed by atoms with Gasteiger partial charge in [0.05, 0.1) is 13.2 Å². The standard InChI is InChI=1S/C19H33N7O.HI/c1-2-20-18(21-6-3-4-9-24-14-16-27-17-15-24)25-10-12-26(13-11-25)19-22-7-5-8-23-19;/h5,7-8H,2-4,6,9-17H2,1H3,(H,20,21);1H. The van der Waals surface area contributed by atoms with Gasteiger partial charge in [0, 0.05) is 64.8 Å². The van der Waals surface area contributed by atoms with Gasteiger partial charge in [-0.3, -0.25) is 9.89 Å². The van der Waals surface area contributed by atoms with Crippen LogP contribution in [0, 0.1) is 0 Å². The molecular weight excluding hydrogens is 469 g/mol. The molecule has 28 heavy (non-hydrogen) atoms. The molecule has 0 bridgehead atoms. The first-order valence-corrected chi connectivity index (χ1v) is 10.2. The van der Waals surface area contributed by atoms with Crippen LogP contribution in [0.25, 0.3) is 0 Å². The van der Waals surface area contributed by atoms with Crippen LogP contribution in [0.1, 0.15) is 19.8 Å². The molecule has 2 fully saturated rings. The van der Waals surface area contributed by atoms with Crippen molar-refractivity contribution in [1.82, 2.24) is 25.1 Å². The molecular formula is C19H34IN7O. The molecule has 3 rings (SSSR count). The number of anilines is 1. The third-order valence-electron chi connectivity index (χ3n) is 5.00. The Hall–Kier alpha value is -1.20. The molecule has 1 N–H and O–H groups in total. The van der Waals surface area contributed by atoms with Crippen molar-refractivity contribution < 1.29 is 4.74 Å². The number of morpholine rings is 1. The first kappa shape index (κ1) is 23.1. The van der Waals surface area contributed by atoms with Gasteiger partial charge in [-0.2, -0.15) is 0 Å². The molecule has 0 unspecified atom stereocenters. The van der Waals surface area contributed by atoms with Crippen LogP contribution in [0.5, 0.6) is 0 Å². The van der Waals surface area contributed by atoms with Gasteiger partial charge in [-0.05, 0) is 32.4 Å². The summed E-state index contributed by atoms with van der Waals surface area (Å²) in [7, 11) is 0. The van der Waals surface area contributed by atoms with Gasteiger partial charge in [-0.1, -0.05) is 0 Å². The lowest BCUT2D eigenvalue weighted by molar-refractivity contribution is 0.0373. The maximum Gasteiger partial charge on any atom is 0.225 e. The summed E-state index contributed by atoms with van der Waals surface area (Å²) in [6.45, 7) is 12.7. The summed E-state index contributed by atoms with van der Waals surface area (Å²) in [6, 6.07) is 1.86. The maximum absolute atomic E-state index is 5.40. The molecule has 0 aliphatic carbocycles. The van der Waals surface area contributed by atoms with E-state index in [1.54, 1.807) is 12.4 Å². The molecule has 0 amide bonds. The van der Waals surface area contributed by atoms with Crippen molar-refractivity contribution in [1.29, 1.82) is 0 Å². The minimum Gasteiger partial charge on any atom is -0.379 e. The summed E-state index contributed by atoms with van der Waals surface area (Å²) in [5.41, 5.74) is 0. The second kappa shape index (κ2) is 13.1. The van der Waals surface area contributed by atoms with Crippen LogP contribution in [-0.2, 0) is 4.74 Å². The van der Waals surface area contributed by atoms with Gasteiger partial charge < -0.3 is 19.9 Å². The normalized spacial score (nSPS) is 18.7. The Kier molecular flexibility index (Phi) is 10.8. The monoisotopic (exact) mass is 503 g/mol. The van der Waals surface area contributed by atoms with E-state index in [9.17, 15) is 0 Å². The van der Waals surface area contributed by atoms with E-state index >= 15 is 0 Å². The first-order valence-electron chi connectivity index (χ1n) is 10.2. The van der Waals surface area contributed by atoms with Crippen LogP contribution in [0.15, 0.2) is 23.5 Å². The van der Waals surface area contributed by atoms with Crippen LogP contribution in [0.2, 0.25) is 0 Å². The van der Waals surface area contributed by atoms with Crippen LogP contribution in [0.3, 0.4) is 0 Å². The highest BCUT2D eigenvalue weighted by Crippen LogP contribution is 2.10. The van der Waals surface area contributed by atoms with E-state index in [1.807, 2.05) is 6.07 Å². The number of nitrogens with zero attached hydrogens (tertiary/aromatic N) is 6. The maximum atomic E-state index is 5.40. The highest BCUT2D eigenvalue weighted by molar-refractivity contribution is 14.0. The zero-order chi connectivity index (χ0) is 18.7. The summed E-state index contributed by atoms with van der Waals surface area (Å²) in [4.78, 5) is 20.6. The largest absolute Gasteiger partial charge is 0.379 e. The molecule has 2 aliphatic heterocycles. The van der Waals surface area contributed by atoms with E-state index in [1.165, 1.54) is 6.42 Å². The van der Waals surface area contributed by atoms with Crippen molar-refractivity contribution in [3.63, 3.8) is 0 Å². The molecule has 0 spiro atoms. The molecule has 0 saturated carbocycles. The molecule has 3 heterocycles. The Labute approximate surface area is 185 Å². The van der Waals surface area contributed by atoms with Crippen molar-refractivity contribution in [3.8, 4) is 0 Å². The topological polar surface area (TPSA) is 69.1 Å². The Morgan fingerprint density at radius 3 is 2.46 bits per heavy atom. The number of hydrogen-bond donors (Lipinski definition) is 1. The lowest BCUT2D eigenvalue weighted by atomic mass is 10.3. The van der Waals surface area contributed by atoms with Gasteiger partial charge in [-0.15, -0.1) is 24.0 Å². The summed E-state index contributed by atoms with van der Waals surface area (Å²) >= 11 is 0. The van der Waals surface area contributed by atoms with Crippen LogP contribution >= 0.6 is 24.0 Å². The third-order valence-corrected chi connectivity index (χ3v) is 5.00. The quantitative estimate of drug-likeness (QED) is 0.260. The lowest BCUT2D eigenvalue weighted by Crippen LogP contribution is -2.53. The zero-order valence-electron chi connectivity index (χ0n) is 16.9. The van der Waals surface area contributed by atoms with Gasteiger partial charge in [0.25, 0.3) is 0 Å². The summed E-state index contributed by atoms with van der Waals surface area (Å²) in [5, 5.41) is 3.45. The van der Waals surface area contributed by atoms with E-state index in [2.05, 4.69) is 36.9 Å². The van der Waals surface area contributed by atoms with E-state index in [0.29, 0.717) is 0 Å². The third kappa shape index (κ3) is 7.32. The van der Waals surface area contributed by atoms with Crippen molar-refractivity contribution in [2.75, 3.05) is 77.0 Å². The molecule has 0 aromatic carbocycles. The highest BCUT2D eigenvalue weighted by atomic mass is 127. The fourth-order valence-electron chi connectivity index (χ4n) is 3.46. The number of nitrogens with one attached hydrogen (secondary N) is 1. The average Bonchev–Trinajstić information content (AvgIpc) is 2.74. The van der Waals surface area contributed by atoms with Gasteiger partial charge in [-0.25, -0.2) is 9.97 Å². The predicted molar refractivity (Wildman–Crippen MR) is 124 cm³/mol. The van der Waals surface area contributed by atoms with E-state index in [-0.39, 0.29) is 24.0 Å². The number of rotatable bonds is 7. The zero-order valence-corrected chi connectivity index (χ0v) is 19.3. The van der Waals surface area contributed by atoms with Gasteiger partial charge in [0.1, 0.15) is 0 Å². The minimum atomic E-state index is 0. The van der Waals surface area contributed by atoms with E-state index < -0.39 is 0 Å². The first-order chi connectivity index (χ1) is 13.4. The Morgan fingerprint density at radius 2 is 1.79 bits per heavy atom. The molecule has 2 aliphatic rings. The van der Waals surface area contributed by atoms with Gasteiger partial charge in [0.2, 0.25) is 5.95 Å². The summed E-state index contributed by atoms with van der Waals surface area (Å²) in [5.74, 6) is 1.86. The number of hydrogen-bond acceptors (Lipinski definition) is 6. The van der Waals surface area contributed by atoms with Gasteiger partial charge in [0.15, 0.2) is 5.96 Å². The Morgan fingerprint density at radius 1 is 1.07 bits per heavy atom. The number of ether oxygens (including phenoxy) is 1. The SMILES string of the molecule is CCNC(=NCCCCN1CCOCC1)N1CCN(c2ncccn2)CC1.I. The molecule has 2 saturated heterocycles. The summed E-state index contributed by atoms with van der Waals surface area (Å²) in [6.07, 6.45) is 5.93. The Bertz CT molecular complexity index is 561. The molecule has 1 aromatic heterocycles. The molecule has 9 heteroatoms. The highest BCUT2D eigenvalue weighted by Gasteiger charge is 2.21. The van der Waals surface area contributed by atoms with Crippen LogP contribution in [-0.4, -0.2) is 97.8 Å². The molecule has 8 nitrogen and oxygen atoms in total. The number of aliphatic imine (C=N–C) groups is 1. The summed E-state index contributed by atoms with van der Waals surface area (Å²) < 4.78 is 5.40. The van der Waals surface area contributed by atoms with Crippen molar-refractivity contribution >= 4 is 35.9 Å². The number of unbranched alkanes of at least 4 members (excludes halogenated alkanes) is 1. The number of guanidine groups is 1. The van der Waals surface area contributed by atoms with Crippen LogP contribution in [0.4, 0.5) is 5.95 Å². The fraction of sp³-hybridized carbons (Fsp3) is 0.737. The second-order valence-electron chi connectivity index (χ2n) is 6.92. The number of halogens is 1. The predicted octanol–water partition coefficient (Wildman–Crippen LogP) is 1.29. The van der Waals surface area contributed by atoms with E-state index in [0.717, 1.165) is 90.4 Å². The van der Waals surface area contributed by atoms with E-state index in [4.69, 9.17) is 9.73 Å². The lowest BCUT2D eigenvalue weighted by Gasteiger charge is -2.36. The second-order valence-corrected chi connectivity index (χ2v) is 6.92. The Balaban J connectivity index is 0.00000280. The number of aromatic nitrogens is 2. The van der Waals surface area contributed by atoms with Crippen LogP contribution < -0.4 is 10.2 Å². The number of piperazine rings is 1.